The van der Waals surface area contributed by atoms with Crippen molar-refractivity contribution in [2.75, 3.05) is 13.1 Å². The molecule has 22 heavy (non-hydrogen) atoms. The summed E-state index contributed by atoms with van der Waals surface area (Å²) >= 11 is 1.55. The molecule has 3 aliphatic rings. The summed E-state index contributed by atoms with van der Waals surface area (Å²) in [5.41, 5.74) is 0. The highest BCUT2D eigenvalue weighted by molar-refractivity contribution is 8.01. The van der Waals surface area contributed by atoms with E-state index in [2.05, 4.69) is 9.89 Å². The molecule has 0 unspecified atom stereocenters. The summed E-state index contributed by atoms with van der Waals surface area (Å²) in [6.07, 6.45) is 6.67. The topological polar surface area (TPSA) is 73.2 Å². The van der Waals surface area contributed by atoms with Gasteiger partial charge in [-0.3, -0.25) is 9.79 Å². The number of rotatable bonds is 3. The molecule has 6 nitrogen and oxygen atoms in total. The normalized spacial score (nSPS) is 34.5. The molecule has 0 saturated carbocycles. The molecule has 0 aromatic rings. The molecular weight excluding hydrogens is 302 g/mol. The smallest absolute Gasteiger partial charge is 0.327 e. The van der Waals surface area contributed by atoms with Gasteiger partial charge in [-0.2, -0.15) is 0 Å². The van der Waals surface area contributed by atoms with Gasteiger partial charge in [0.15, 0.2) is 6.04 Å². The van der Waals surface area contributed by atoms with E-state index in [-0.39, 0.29) is 11.3 Å². The number of carbonyl (C=O) groups excluding carboxylic acids is 1. The second kappa shape index (κ2) is 5.76. The van der Waals surface area contributed by atoms with E-state index >= 15 is 0 Å². The van der Waals surface area contributed by atoms with E-state index in [1.165, 1.54) is 30.6 Å². The molecule has 7 heteroatoms. The number of carbonyl (C=O) groups is 2. The highest BCUT2D eigenvalue weighted by Gasteiger charge is 2.63. The summed E-state index contributed by atoms with van der Waals surface area (Å²) in [5, 5.41) is 9.25. The molecule has 0 aromatic carbocycles. The van der Waals surface area contributed by atoms with Gasteiger partial charge in [0, 0.05) is 17.8 Å². The van der Waals surface area contributed by atoms with Gasteiger partial charge in [0.2, 0.25) is 0 Å². The molecule has 0 radical (unpaired) electrons. The lowest BCUT2D eigenvalue weighted by molar-refractivity contribution is -0.158. The first-order valence-electron chi connectivity index (χ1n) is 7.92. The predicted molar refractivity (Wildman–Crippen MR) is 86.0 cm³/mol. The standard InChI is InChI=1S/C15H23N3O3S/c1-15(2)11(14(20)21)18-12(19)10(13(18)22-15)16-9-17-7-5-3-4-6-8-17/h9-11,13H,3-8H2,1-2H3,(H,20,21)/t10-,11-,13+/m0/s1. The molecule has 3 heterocycles. The Balaban J connectivity index is 1.68. The van der Waals surface area contributed by atoms with E-state index in [4.69, 9.17) is 0 Å². The molecule has 122 valence electrons. The fourth-order valence-electron chi connectivity index (χ4n) is 3.51. The molecule has 3 aliphatic heterocycles. The number of hydrogen-bond donors (Lipinski definition) is 1. The van der Waals surface area contributed by atoms with Gasteiger partial charge in [0.1, 0.15) is 11.4 Å². The predicted octanol–water partition coefficient (Wildman–Crippen LogP) is 1.41. The Morgan fingerprint density at radius 1 is 1.32 bits per heavy atom. The zero-order valence-corrected chi connectivity index (χ0v) is 13.9. The average Bonchev–Trinajstić information content (AvgIpc) is 2.60. The van der Waals surface area contributed by atoms with E-state index in [9.17, 15) is 14.7 Å². The summed E-state index contributed by atoms with van der Waals surface area (Å²) in [6.45, 7) is 5.76. The second-order valence-electron chi connectivity index (χ2n) is 6.76. The van der Waals surface area contributed by atoms with E-state index in [1.807, 2.05) is 20.2 Å². The van der Waals surface area contributed by atoms with E-state index < -0.39 is 22.8 Å². The first-order valence-corrected chi connectivity index (χ1v) is 8.80. The summed E-state index contributed by atoms with van der Waals surface area (Å²) < 4.78 is -0.473. The van der Waals surface area contributed by atoms with Crippen molar-refractivity contribution < 1.29 is 14.7 Å². The van der Waals surface area contributed by atoms with Crippen molar-refractivity contribution in [1.29, 1.82) is 0 Å². The Kier molecular flexibility index (Phi) is 4.09. The molecule has 0 spiro atoms. The van der Waals surface area contributed by atoms with Crippen LogP contribution in [0.4, 0.5) is 0 Å². The van der Waals surface area contributed by atoms with Gasteiger partial charge >= 0.3 is 5.97 Å². The molecule has 3 fully saturated rings. The monoisotopic (exact) mass is 325 g/mol. The number of amides is 1. The first-order chi connectivity index (χ1) is 10.4. The number of β-lactam (4-membered cyclic amide) rings is 1. The molecule has 3 atom stereocenters. The van der Waals surface area contributed by atoms with E-state index in [1.54, 1.807) is 11.8 Å². The largest absolute Gasteiger partial charge is 0.480 e. The molecule has 0 aliphatic carbocycles. The minimum absolute atomic E-state index is 0.133. The number of thioether (sulfide) groups is 1. The number of fused-ring (bicyclic) bond motifs is 1. The van der Waals surface area contributed by atoms with Crippen LogP contribution in [-0.2, 0) is 9.59 Å². The van der Waals surface area contributed by atoms with E-state index in [0.29, 0.717) is 0 Å². The maximum Gasteiger partial charge on any atom is 0.327 e. The van der Waals surface area contributed by atoms with Crippen LogP contribution in [0.5, 0.6) is 0 Å². The van der Waals surface area contributed by atoms with Crippen LogP contribution in [-0.4, -0.2) is 68.4 Å². The van der Waals surface area contributed by atoms with Gasteiger partial charge in [0.05, 0.1) is 6.34 Å². The van der Waals surface area contributed by atoms with Crippen LogP contribution < -0.4 is 0 Å². The van der Waals surface area contributed by atoms with Crippen molar-refractivity contribution in [3.63, 3.8) is 0 Å². The first kappa shape index (κ1) is 15.6. The van der Waals surface area contributed by atoms with Crippen LogP contribution in [0.2, 0.25) is 0 Å². The Bertz CT molecular complexity index is 500. The lowest BCUT2D eigenvalue weighted by atomic mass is 9.96. The molecule has 3 rings (SSSR count). The fraction of sp³-hybridized carbons (Fsp3) is 0.800. The summed E-state index contributed by atoms with van der Waals surface area (Å²) in [7, 11) is 0. The molecule has 1 N–H and O–H groups in total. The molecule has 0 bridgehead atoms. The van der Waals surface area contributed by atoms with E-state index in [0.717, 1.165) is 13.1 Å². The lowest BCUT2D eigenvalue weighted by Crippen LogP contribution is -2.65. The van der Waals surface area contributed by atoms with Crippen molar-refractivity contribution in [2.45, 2.75) is 61.7 Å². The summed E-state index contributed by atoms with van der Waals surface area (Å²) in [5.74, 6) is -1.08. The van der Waals surface area contributed by atoms with Crippen LogP contribution in [0.25, 0.3) is 0 Å². The SMILES string of the molecule is CC1(C)S[C@@H]2[C@@H](N=CN3CCCCCC3)C(=O)N2[C@H]1C(=O)O. The number of likely N-dealkylation sites (tertiary alicyclic amines) is 1. The number of hydrogen-bond acceptors (Lipinski definition) is 4. The van der Waals surface area contributed by atoms with Crippen LogP contribution in [0.15, 0.2) is 4.99 Å². The number of carboxylic acid groups (broad SMARTS) is 1. The van der Waals surface area contributed by atoms with Crippen LogP contribution in [0.3, 0.4) is 0 Å². The van der Waals surface area contributed by atoms with Gasteiger partial charge in [-0.25, -0.2) is 4.79 Å². The average molecular weight is 325 g/mol. The molecule has 1 amide bonds. The third-order valence-electron chi connectivity index (χ3n) is 4.68. The Morgan fingerprint density at radius 2 is 1.95 bits per heavy atom. The van der Waals surface area contributed by atoms with Gasteiger partial charge < -0.3 is 14.9 Å². The highest BCUT2D eigenvalue weighted by atomic mass is 32.2. The van der Waals surface area contributed by atoms with Crippen LogP contribution >= 0.6 is 11.8 Å². The zero-order valence-electron chi connectivity index (χ0n) is 13.1. The van der Waals surface area contributed by atoms with Crippen molar-refractivity contribution in [2.24, 2.45) is 4.99 Å². The van der Waals surface area contributed by atoms with Gasteiger partial charge in [-0.15, -0.1) is 11.8 Å². The number of carboxylic acids is 1. The van der Waals surface area contributed by atoms with Crippen molar-refractivity contribution in [3.05, 3.63) is 0 Å². The highest BCUT2D eigenvalue weighted by Crippen LogP contribution is 2.51. The Labute approximate surface area is 134 Å². The quantitative estimate of drug-likeness (QED) is 0.482. The maximum atomic E-state index is 12.3. The minimum Gasteiger partial charge on any atom is -0.480 e. The number of aliphatic carboxylic acids is 1. The van der Waals surface area contributed by atoms with Crippen LogP contribution in [0.1, 0.15) is 39.5 Å². The molecular formula is C15H23N3O3S. The molecule has 0 aromatic heterocycles. The van der Waals surface area contributed by atoms with Crippen molar-refractivity contribution >= 4 is 30.0 Å². The van der Waals surface area contributed by atoms with Crippen molar-refractivity contribution in [3.8, 4) is 0 Å². The van der Waals surface area contributed by atoms with Gasteiger partial charge in [-0.1, -0.05) is 12.8 Å². The second-order valence-corrected chi connectivity index (χ2v) is 8.53. The summed E-state index contributed by atoms with van der Waals surface area (Å²) in [6, 6.07) is -1.17. The van der Waals surface area contributed by atoms with Gasteiger partial charge in [-0.05, 0) is 26.7 Å². The minimum atomic E-state index is -0.928. The van der Waals surface area contributed by atoms with Gasteiger partial charge in [0.25, 0.3) is 5.91 Å². The Morgan fingerprint density at radius 3 is 2.55 bits per heavy atom. The fourth-order valence-corrected chi connectivity index (χ4v) is 5.13. The number of aliphatic imine (C=N–C) groups is 1. The van der Waals surface area contributed by atoms with Crippen LogP contribution in [0, 0.1) is 0 Å². The third kappa shape index (κ3) is 2.59. The molecule has 3 saturated heterocycles. The van der Waals surface area contributed by atoms with Crippen molar-refractivity contribution in [1.82, 2.24) is 9.80 Å². The Hall–Kier alpha value is -1.24. The third-order valence-corrected chi connectivity index (χ3v) is 6.24. The number of nitrogens with zero attached hydrogens (tertiary/aromatic N) is 3. The maximum absolute atomic E-state index is 12.3. The summed E-state index contributed by atoms with van der Waals surface area (Å²) in [4.78, 5) is 31.9. The lowest BCUT2D eigenvalue weighted by Gasteiger charge is -2.41. The zero-order chi connectivity index (χ0) is 15.9.